The zero-order valence-electron chi connectivity index (χ0n) is 10.6. The average molecular weight is 378 g/mol. The molecule has 0 radical (unpaired) electrons. The molecule has 0 aromatic heterocycles. The molecule has 0 aliphatic carbocycles. The third kappa shape index (κ3) is 3.14. The molecule has 0 spiro atoms. The molecular formula is C13H14BrClN2O2S. The van der Waals surface area contributed by atoms with Gasteiger partial charge >= 0.3 is 0 Å². The van der Waals surface area contributed by atoms with Crippen molar-refractivity contribution < 1.29 is 9.53 Å². The topological polar surface area (TPSA) is 64.4 Å². The van der Waals surface area contributed by atoms with Gasteiger partial charge in [-0.2, -0.15) is 0 Å². The van der Waals surface area contributed by atoms with Gasteiger partial charge < -0.3 is 15.8 Å². The smallest absolute Gasteiger partial charge is 0.237 e. The Morgan fingerprint density at radius 1 is 1.45 bits per heavy atom. The molecule has 0 unspecified atom stereocenters. The number of thiocarbonyl (C=S) groups is 1. The van der Waals surface area contributed by atoms with Gasteiger partial charge in [0.05, 0.1) is 15.7 Å². The van der Waals surface area contributed by atoms with Gasteiger partial charge in [0.1, 0.15) is 5.41 Å². The highest BCUT2D eigenvalue weighted by Crippen LogP contribution is 2.34. The molecule has 2 rings (SSSR count). The SMILES string of the molecule is NC(=S)C1(C(=O)Nc2ccc(Br)cc2Cl)CCOCC1. The highest BCUT2D eigenvalue weighted by Gasteiger charge is 2.43. The quantitative estimate of drug-likeness (QED) is 0.794. The first-order valence-electron chi connectivity index (χ1n) is 6.10. The number of halogens is 2. The number of ether oxygens (including phenoxy) is 1. The van der Waals surface area contributed by atoms with Crippen molar-refractivity contribution in [3.63, 3.8) is 0 Å². The van der Waals surface area contributed by atoms with Crippen molar-refractivity contribution in [3.8, 4) is 0 Å². The minimum Gasteiger partial charge on any atom is -0.392 e. The minimum absolute atomic E-state index is 0.200. The molecular weight excluding hydrogens is 364 g/mol. The zero-order chi connectivity index (χ0) is 14.8. The van der Waals surface area contributed by atoms with Crippen LogP contribution in [0.25, 0.3) is 0 Å². The summed E-state index contributed by atoms with van der Waals surface area (Å²) in [6, 6.07) is 5.25. The Bertz CT molecular complexity index is 547. The summed E-state index contributed by atoms with van der Waals surface area (Å²) < 4.78 is 6.13. The maximum atomic E-state index is 12.6. The normalized spacial score (nSPS) is 17.5. The van der Waals surface area contributed by atoms with Crippen molar-refractivity contribution in [1.29, 1.82) is 0 Å². The van der Waals surface area contributed by atoms with Crippen molar-refractivity contribution in [1.82, 2.24) is 0 Å². The van der Waals surface area contributed by atoms with Crippen molar-refractivity contribution in [2.45, 2.75) is 12.8 Å². The molecule has 7 heteroatoms. The summed E-state index contributed by atoms with van der Waals surface area (Å²) in [4.78, 5) is 12.8. The zero-order valence-corrected chi connectivity index (χ0v) is 13.8. The summed E-state index contributed by atoms with van der Waals surface area (Å²) in [6.45, 7) is 0.942. The molecule has 1 aromatic carbocycles. The van der Waals surface area contributed by atoms with Crippen LogP contribution in [0.3, 0.4) is 0 Å². The van der Waals surface area contributed by atoms with Crippen LogP contribution >= 0.6 is 39.7 Å². The van der Waals surface area contributed by atoms with E-state index in [2.05, 4.69) is 21.2 Å². The van der Waals surface area contributed by atoms with Gasteiger partial charge in [-0.05, 0) is 31.0 Å². The van der Waals surface area contributed by atoms with E-state index in [-0.39, 0.29) is 10.9 Å². The number of carbonyl (C=O) groups is 1. The number of benzene rings is 1. The molecule has 1 aromatic rings. The van der Waals surface area contributed by atoms with Crippen LogP contribution in [0.5, 0.6) is 0 Å². The Kier molecular flexibility index (Phi) is 5.01. The number of rotatable bonds is 3. The molecule has 0 atom stereocenters. The molecule has 1 saturated heterocycles. The fourth-order valence-corrected chi connectivity index (χ4v) is 3.16. The first-order valence-corrected chi connectivity index (χ1v) is 7.68. The van der Waals surface area contributed by atoms with Gasteiger partial charge in [0.2, 0.25) is 5.91 Å². The molecule has 3 N–H and O–H groups in total. The van der Waals surface area contributed by atoms with Crippen LogP contribution in [-0.2, 0) is 9.53 Å². The maximum absolute atomic E-state index is 12.6. The van der Waals surface area contributed by atoms with Gasteiger partial charge in [0.15, 0.2) is 0 Å². The fourth-order valence-electron chi connectivity index (χ4n) is 2.14. The second kappa shape index (κ2) is 6.39. The van der Waals surface area contributed by atoms with Gasteiger partial charge in [-0.25, -0.2) is 0 Å². The molecule has 20 heavy (non-hydrogen) atoms. The molecule has 4 nitrogen and oxygen atoms in total. The van der Waals surface area contributed by atoms with Crippen LogP contribution in [0.1, 0.15) is 12.8 Å². The number of nitrogens with two attached hydrogens (primary N) is 1. The van der Waals surface area contributed by atoms with E-state index in [9.17, 15) is 4.79 Å². The van der Waals surface area contributed by atoms with Crippen molar-refractivity contribution >= 4 is 56.3 Å². The number of hydrogen-bond acceptors (Lipinski definition) is 3. The van der Waals surface area contributed by atoms with Crippen molar-refractivity contribution in [2.75, 3.05) is 18.5 Å². The number of amides is 1. The van der Waals surface area contributed by atoms with E-state index in [1.807, 2.05) is 0 Å². The highest BCUT2D eigenvalue weighted by atomic mass is 79.9. The first-order chi connectivity index (χ1) is 9.45. The van der Waals surface area contributed by atoms with Gasteiger partial charge in [0.25, 0.3) is 0 Å². The predicted octanol–water partition coefficient (Wildman–Crippen LogP) is 3.12. The molecule has 0 saturated carbocycles. The van der Waals surface area contributed by atoms with E-state index in [0.717, 1.165) is 4.47 Å². The van der Waals surface area contributed by atoms with E-state index < -0.39 is 5.41 Å². The van der Waals surface area contributed by atoms with E-state index in [1.54, 1.807) is 18.2 Å². The summed E-state index contributed by atoms with van der Waals surface area (Å²) >= 11 is 14.5. The fraction of sp³-hybridized carbons (Fsp3) is 0.385. The molecule has 0 bridgehead atoms. The van der Waals surface area contributed by atoms with Crippen LogP contribution in [-0.4, -0.2) is 24.1 Å². The number of carbonyl (C=O) groups excluding carboxylic acids is 1. The Labute approximate surface area is 136 Å². The second-order valence-electron chi connectivity index (χ2n) is 4.64. The van der Waals surface area contributed by atoms with E-state index >= 15 is 0 Å². The van der Waals surface area contributed by atoms with E-state index in [1.165, 1.54) is 0 Å². The van der Waals surface area contributed by atoms with Gasteiger partial charge in [-0.1, -0.05) is 39.7 Å². The third-order valence-electron chi connectivity index (χ3n) is 3.43. The minimum atomic E-state index is -0.857. The lowest BCUT2D eigenvalue weighted by Crippen LogP contribution is -2.49. The van der Waals surface area contributed by atoms with Gasteiger partial charge in [0, 0.05) is 17.7 Å². The van der Waals surface area contributed by atoms with Gasteiger partial charge in [-0.15, -0.1) is 0 Å². The molecule has 1 heterocycles. The Morgan fingerprint density at radius 3 is 2.65 bits per heavy atom. The number of nitrogens with one attached hydrogen (secondary N) is 1. The Morgan fingerprint density at radius 2 is 2.10 bits per heavy atom. The summed E-state index contributed by atoms with van der Waals surface area (Å²) in [5, 5.41) is 3.27. The van der Waals surface area contributed by atoms with Crippen LogP contribution in [0.4, 0.5) is 5.69 Å². The lowest BCUT2D eigenvalue weighted by Gasteiger charge is -2.34. The van der Waals surface area contributed by atoms with E-state index in [0.29, 0.717) is 36.8 Å². The lowest BCUT2D eigenvalue weighted by molar-refractivity contribution is -0.126. The summed E-state index contributed by atoms with van der Waals surface area (Å²) in [5.41, 5.74) is 5.48. The summed E-state index contributed by atoms with van der Waals surface area (Å²) in [5.74, 6) is -0.225. The van der Waals surface area contributed by atoms with Crippen LogP contribution < -0.4 is 11.1 Å². The average Bonchev–Trinajstić information content (AvgIpc) is 2.42. The second-order valence-corrected chi connectivity index (χ2v) is 6.40. The molecule has 1 aliphatic rings. The standard InChI is InChI=1S/C13H14BrClN2O2S/c14-8-1-2-10(9(15)7-8)17-12(18)13(11(16)20)3-5-19-6-4-13/h1-2,7H,3-6H2,(H2,16,20)(H,17,18). The molecule has 1 amide bonds. The molecule has 1 fully saturated rings. The van der Waals surface area contributed by atoms with Crippen LogP contribution in [0.15, 0.2) is 22.7 Å². The van der Waals surface area contributed by atoms with Crippen molar-refractivity contribution in [3.05, 3.63) is 27.7 Å². The largest absolute Gasteiger partial charge is 0.392 e. The van der Waals surface area contributed by atoms with Crippen LogP contribution in [0.2, 0.25) is 5.02 Å². The predicted molar refractivity (Wildman–Crippen MR) is 87.1 cm³/mol. The van der Waals surface area contributed by atoms with Crippen LogP contribution in [0, 0.1) is 5.41 Å². The first kappa shape index (κ1) is 15.7. The van der Waals surface area contributed by atoms with Crippen molar-refractivity contribution in [2.24, 2.45) is 11.1 Å². The number of anilines is 1. The van der Waals surface area contributed by atoms with E-state index in [4.69, 9.17) is 34.3 Å². The Hall–Kier alpha value is -0.690. The third-order valence-corrected chi connectivity index (χ3v) is 4.63. The number of hydrogen-bond donors (Lipinski definition) is 2. The summed E-state index contributed by atoms with van der Waals surface area (Å²) in [6.07, 6.45) is 0.977. The highest BCUT2D eigenvalue weighted by molar-refractivity contribution is 9.10. The maximum Gasteiger partial charge on any atom is 0.237 e. The molecule has 108 valence electrons. The lowest BCUT2D eigenvalue weighted by atomic mass is 9.79. The monoisotopic (exact) mass is 376 g/mol. The summed E-state index contributed by atoms with van der Waals surface area (Å²) in [7, 11) is 0. The molecule has 1 aliphatic heterocycles. The van der Waals surface area contributed by atoms with Gasteiger partial charge in [-0.3, -0.25) is 4.79 Å². The Balaban J connectivity index is 2.22.